The fourth-order valence-corrected chi connectivity index (χ4v) is 2.38. The number of aromatic amines is 1. The van der Waals surface area contributed by atoms with Crippen molar-refractivity contribution in [3.8, 4) is 0 Å². The minimum Gasteiger partial charge on any atom is -0.378 e. The van der Waals surface area contributed by atoms with Crippen LogP contribution in [0.2, 0.25) is 0 Å². The summed E-state index contributed by atoms with van der Waals surface area (Å²) < 4.78 is 5.75. The molecule has 1 fully saturated rings. The predicted molar refractivity (Wildman–Crippen MR) is 63.0 cm³/mol. The minimum absolute atomic E-state index is 0.420. The summed E-state index contributed by atoms with van der Waals surface area (Å²) >= 11 is 0. The summed E-state index contributed by atoms with van der Waals surface area (Å²) in [4.78, 5) is 7.28. The molecule has 2 rings (SSSR count). The van der Waals surface area contributed by atoms with Crippen LogP contribution < -0.4 is 5.32 Å². The second-order valence-electron chi connectivity index (χ2n) is 4.79. The molecule has 4 nitrogen and oxygen atoms in total. The van der Waals surface area contributed by atoms with Crippen LogP contribution in [0.3, 0.4) is 0 Å². The number of nitrogens with one attached hydrogen (secondary N) is 2. The van der Waals surface area contributed by atoms with E-state index in [0.29, 0.717) is 17.9 Å². The fourth-order valence-electron chi connectivity index (χ4n) is 2.38. The van der Waals surface area contributed by atoms with Crippen molar-refractivity contribution in [2.75, 3.05) is 13.2 Å². The van der Waals surface area contributed by atoms with E-state index < -0.39 is 0 Å². The van der Waals surface area contributed by atoms with E-state index in [0.717, 1.165) is 25.5 Å². The zero-order valence-electron chi connectivity index (χ0n) is 10.1. The lowest BCUT2D eigenvalue weighted by molar-refractivity contribution is 0.0539. The standard InChI is InChI=1S/C12H21N3O/c1-9(2)12-10(3-6-16-12)7-13-8-11-14-4-5-15-11/h4-5,9-10,12-13H,3,6-8H2,1-2H3,(H,14,15)/t10-,12-/m1/s1. The van der Waals surface area contributed by atoms with E-state index >= 15 is 0 Å². The van der Waals surface area contributed by atoms with Gasteiger partial charge in [-0.3, -0.25) is 0 Å². The first-order chi connectivity index (χ1) is 7.77. The summed E-state index contributed by atoms with van der Waals surface area (Å²) in [6.07, 6.45) is 5.23. The van der Waals surface area contributed by atoms with Crippen molar-refractivity contribution in [2.45, 2.75) is 32.9 Å². The summed E-state index contributed by atoms with van der Waals surface area (Å²) in [5.41, 5.74) is 0. The molecule has 1 aromatic heterocycles. The molecule has 0 bridgehead atoms. The number of hydrogen-bond donors (Lipinski definition) is 2. The lowest BCUT2D eigenvalue weighted by Crippen LogP contribution is -2.31. The molecule has 0 radical (unpaired) electrons. The van der Waals surface area contributed by atoms with Gasteiger partial charge in [0.1, 0.15) is 5.82 Å². The second kappa shape index (κ2) is 5.46. The van der Waals surface area contributed by atoms with Crippen molar-refractivity contribution < 1.29 is 4.74 Å². The zero-order valence-corrected chi connectivity index (χ0v) is 10.1. The third-order valence-electron chi connectivity index (χ3n) is 3.17. The van der Waals surface area contributed by atoms with Gasteiger partial charge in [0.25, 0.3) is 0 Å². The SMILES string of the molecule is CC(C)[C@H]1OCC[C@@H]1CNCc1ncc[nH]1. The monoisotopic (exact) mass is 223 g/mol. The smallest absolute Gasteiger partial charge is 0.120 e. The van der Waals surface area contributed by atoms with Gasteiger partial charge in [-0.15, -0.1) is 0 Å². The molecule has 1 saturated heterocycles. The molecule has 90 valence electrons. The van der Waals surface area contributed by atoms with Crippen molar-refractivity contribution >= 4 is 0 Å². The third kappa shape index (κ3) is 2.83. The molecule has 0 unspecified atom stereocenters. The van der Waals surface area contributed by atoms with Crippen LogP contribution in [0.15, 0.2) is 12.4 Å². The van der Waals surface area contributed by atoms with Gasteiger partial charge in [0.05, 0.1) is 12.6 Å². The molecule has 1 aliphatic heterocycles. The lowest BCUT2D eigenvalue weighted by atomic mass is 9.93. The topological polar surface area (TPSA) is 49.9 Å². The molecule has 0 amide bonds. The van der Waals surface area contributed by atoms with Gasteiger partial charge in [0, 0.05) is 25.5 Å². The van der Waals surface area contributed by atoms with Crippen LogP contribution in [0.4, 0.5) is 0 Å². The largest absolute Gasteiger partial charge is 0.378 e. The number of hydrogen-bond acceptors (Lipinski definition) is 3. The van der Waals surface area contributed by atoms with Crippen LogP contribution in [-0.4, -0.2) is 29.2 Å². The summed E-state index contributed by atoms with van der Waals surface area (Å²) in [6, 6.07) is 0. The summed E-state index contributed by atoms with van der Waals surface area (Å²) in [5, 5.41) is 3.44. The third-order valence-corrected chi connectivity index (χ3v) is 3.17. The molecule has 0 spiro atoms. The average Bonchev–Trinajstić information content (AvgIpc) is 2.87. The van der Waals surface area contributed by atoms with Gasteiger partial charge >= 0.3 is 0 Å². The predicted octanol–water partition coefficient (Wildman–Crippen LogP) is 1.56. The molecule has 2 heterocycles. The van der Waals surface area contributed by atoms with Crippen LogP contribution in [-0.2, 0) is 11.3 Å². The molecule has 1 aromatic rings. The molecular weight excluding hydrogens is 202 g/mol. The van der Waals surface area contributed by atoms with Crippen LogP contribution in [0, 0.1) is 11.8 Å². The van der Waals surface area contributed by atoms with Crippen LogP contribution >= 0.6 is 0 Å². The Labute approximate surface area is 96.8 Å². The van der Waals surface area contributed by atoms with Gasteiger partial charge in [-0.05, 0) is 18.3 Å². The highest BCUT2D eigenvalue weighted by molar-refractivity contribution is 4.87. The molecule has 1 aliphatic rings. The van der Waals surface area contributed by atoms with Gasteiger partial charge in [-0.1, -0.05) is 13.8 Å². The maximum absolute atomic E-state index is 5.75. The van der Waals surface area contributed by atoms with E-state index in [1.165, 1.54) is 6.42 Å². The highest BCUT2D eigenvalue weighted by Gasteiger charge is 2.29. The number of nitrogens with zero attached hydrogens (tertiary/aromatic N) is 1. The van der Waals surface area contributed by atoms with Gasteiger partial charge < -0.3 is 15.0 Å². The average molecular weight is 223 g/mol. The normalized spacial score (nSPS) is 25.4. The molecule has 2 N–H and O–H groups in total. The maximum atomic E-state index is 5.75. The van der Waals surface area contributed by atoms with Crippen LogP contribution in [0.25, 0.3) is 0 Å². The van der Waals surface area contributed by atoms with Crippen molar-refractivity contribution in [1.82, 2.24) is 15.3 Å². The molecular formula is C12H21N3O. The van der Waals surface area contributed by atoms with E-state index in [2.05, 4.69) is 29.1 Å². The lowest BCUT2D eigenvalue weighted by Gasteiger charge is -2.22. The minimum atomic E-state index is 0.420. The van der Waals surface area contributed by atoms with E-state index in [4.69, 9.17) is 4.74 Å². The summed E-state index contributed by atoms with van der Waals surface area (Å²) in [6.45, 7) is 7.21. The van der Waals surface area contributed by atoms with Gasteiger partial charge in [-0.25, -0.2) is 4.98 Å². The van der Waals surface area contributed by atoms with Crippen molar-refractivity contribution in [3.05, 3.63) is 18.2 Å². The Morgan fingerprint density at radius 3 is 3.19 bits per heavy atom. The van der Waals surface area contributed by atoms with Gasteiger partial charge in [-0.2, -0.15) is 0 Å². The first-order valence-electron chi connectivity index (χ1n) is 6.08. The quantitative estimate of drug-likeness (QED) is 0.796. The Morgan fingerprint density at radius 1 is 1.62 bits per heavy atom. The zero-order chi connectivity index (χ0) is 11.4. The number of H-pyrrole nitrogens is 1. The number of ether oxygens (including phenoxy) is 1. The second-order valence-corrected chi connectivity index (χ2v) is 4.79. The van der Waals surface area contributed by atoms with Gasteiger partial charge in [0.15, 0.2) is 0 Å². The van der Waals surface area contributed by atoms with Crippen molar-refractivity contribution in [3.63, 3.8) is 0 Å². The molecule has 0 saturated carbocycles. The highest BCUT2D eigenvalue weighted by atomic mass is 16.5. The van der Waals surface area contributed by atoms with E-state index in [9.17, 15) is 0 Å². The van der Waals surface area contributed by atoms with E-state index in [1.807, 2.05) is 6.20 Å². The highest BCUT2D eigenvalue weighted by Crippen LogP contribution is 2.26. The Kier molecular flexibility index (Phi) is 3.96. The summed E-state index contributed by atoms with van der Waals surface area (Å²) in [7, 11) is 0. The van der Waals surface area contributed by atoms with Crippen LogP contribution in [0.5, 0.6) is 0 Å². The van der Waals surface area contributed by atoms with E-state index in [-0.39, 0.29) is 0 Å². The van der Waals surface area contributed by atoms with E-state index in [1.54, 1.807) is 6.20 Å². The molecule has 4 heteroatoms. The number of imidazole rings is 1. The molecule has 16 heavy (non-hydrogen) atoms. The summed E-state index contributed by atoms with van der Waals surface area (Å²) in [5.74, 6) is 2.26. The molecule has 0 aliphatic carbocycles. The Morgan fingerprint density at radius 2 is 2.50 bits per heavy atom. The first kappa shape index (κ1) is 11.6. The number of rotatable bonds is 5. The number of aromatic nitrogens is 2. The van der Waals surface area contributed by atoms with Crippen molar-refractivity contribution in [2.24, 2.45) is 11.8 Å². The van der Waals surface area contributed by atoms with Gasteiger partial charge in [0.2, 0.25) is 0 Å². The Bertz CT molecular complexity index is 297. The molecule has 2 atom stereocenters. The molecule has 0 aromatic carbocycles. The van der Waals surface area contributed by atoms with Crippen molar-refractivity contribution in [1.29, 1.82) is 0 Å². The maximum Gasteiger partial charge on any atom is 0.120 e. The Balaban J connectivity index is 1.73. The Hall–Kier alpha value is -0.870. The first-order valence-corrected chi connectivity index (χ1v) is 6.08. The fraction of sp³-hybridized carbons (Fsp3) is 0.750. The van der Waals surface area contributed by atoms with Crippen LogP contribution in [0.1, 0.15) is 26.1 Å².